The van der Waals surface area contributed by atoms with Crippen LogP contribution >= 0.6 is 0 Å². The minimum atomic E-state index is 0.578. The first-order valence-electron chi connectivity index (χ1n) is 17.9. The molecule has 0 atom stereocenters. The highest BCUT2D eigenvalue weighted by Crippen LogP contribution is 2.46. The molecule has 0 saturated carbocycles. The number of para-hydroxylation sites is 1. The number of benzene rings is 9. The SMILES string of the molecule is c1ccc(N(c2ccc3c(c2)oc2cccc(-c4nc5cc6ccccc6cc5o4)c23)c2cccc3ccccc23)c(-c2cccc3ccccc23)c1. The first-order valence-corrected chi connectivity index (χ1v) is 17.9. The van der Waals surface area contributed by atoms with Crippen LogP contribution in [0.3, 0.4) is 0 Å². The highest BCUT2D eigenvalue weighted by molar-refractivity contribution is 6.13. The number of aromatic nitrogens is 1. The van der Waals surface area contributed by atoms with Gasteiger partial charge >= 0.3 is 0 Å². The van der Waals surface area contributed by atoms with Gasteiger partial charge in [-0.3, -0.25) is 0 Å². The maximum atomic E-state index is 6.68. The predicted octanol–water partition coefficient (Wildman–Crippen LogP) is 14.0. The lowest BCUT2D eigenvalue weighted by Gasteiger charge is -2.29. The first kappa shape index (κ1) is 29.5. The predicted molar refractivity (Wildman–Crippen MR) is 219 cm³/mol. The van der Waals surface area contributed by atoms with Crippen LogP contribution in [0.15, 0.2) is 191 Å². The van der Waals surface area contributed by atoms with Crippen LogP contribution in [0.1, 0.15) is 0 Å². The molecule has 11 aromatic rings. The van der Waals surface area contributed by atoms with Crippen molar-refractivity contribution in [3.63, 3.8) is 0 Å². The Balaban J connectivity index is 1.13. The van der Waals surface area contributed by atoms with Crippen LogP contribution in [0, 0.1) is 0 Å². The van der Waals surface area contributed by atoms with E-state index in [9.17, 15) is 0 Å². The second kappa shape index (κ2) is 11.7. The van der Waals surface area contributed by atoms with E-state index >= 15 is 0 Å². The van der Waals surface area contributed by atoms with E-state index in [1.807, 2.05) is 24.3 Å². The molecule has 0 aliphatic heterocycles. The molecule has 0 fully saturated rings. The van der Waals surface area contributed by atoms with E-state index in [0.29, 0.717) is 5.89 Å². The van der Waals surface area contributed by atoms with Gasteiger partial charge in [0, 0.05) is 39.0 Å². The van der Waals surface area contributed by atoms with Gasteiger partial charge in [0.2, 0.25) is 5.89 Å². The summed E-state index contributed by atoms with van der Waals surface area (Å²) in [5, 5.41) is 9.02. The Labute approximate surface area is 304 Å². The highest BCUT2D eigenvalue weighted by atomic mass is 16.3. The maximum Gasteiger partial charge on any atom is 0.228 e. The molecule has 0 aliphatic carbocycles. The fourth-order valence-corrected chi connectivity index (χ4v) is 8.03. The monoisotopic (exact) mass is 678 g/mol. The number of nitrogens with zero attached hydrogens (tertiary/aromatic N) is 2. The van der Waals surface area contributed by atoms with Crippen LogP contribution in [0.25, 0.3) is 87.9 Å². The third-order valence-electron chi connectivity index (χ3n) is 10.5. The smallest absolute Gasteiger partial charge is 0.228 e. The van der Waals surface area contributed by atoms with Crippen LogP contribution in [0.4, 0.5) is 17.1 Å². The first-order chi connectivity index (χ1) is 26.3. The molecule has 0 N–H and O–H groups in total. The summed E-state index contributed by atoms with van der Waals surface area (Å²) in [4.78, 5) is 7.34. The Morgan fingerprint density at radius 1 is 0.377 bits per heavy atom. The Hall–Kier alpha value is -7.17. The van der Waals surface area contributed by atoms with Gasteiger partial charge in [-0.15, -0.1) is 0 Å². The zero-order chi connectivity index (χ0) is 34.9. The van der Waals surface area contributed by atoms with E-state index in [-0.39, 0.29) is 0 Å². The van der Waals surface area contributed by atoms with Gasteiger partial charge < -0.3 is 13.7 Å². The molecular weight excluding hydrogens is 649 g/mol. The van der Waals surface area contributed by atoms with Crippen molar-refractivity contribution in [3.05, 3.63) is 182 Å². The number of fused-ring (bicyclic) bond motifs is 7. The molecule has 11 rings (SSSR count). The van der Waals surface area contributed by atoms with Crippen molar-refractivity contribution in [2.75, 3.05) is 4.90 Å². The Bertz CT molecular complexity index is 3140. The van der Waals surface area contributed by atoms with E-state index < -0.39 is 0 Å². The van der Waals surface area contributed by atoms with Crippen molar-refractivity contribution >= 4 is 82.4 Å². The molecule has 0 aliphatic rings. The van der Waals surface area contributed by atoms with E-state index in [1.54, 1.807) is 0 Å². The number of rotatable bonds is 5. The topological polar surface area (TPSA) is 42.4 Å². The molecule has 4 heteroatoms. The Morgan fingerprint density at radius 3 is 1.87 bits per heavy atom. The van der Waals surface area contributed by atoms with Crippen molar-refractivity contribution in [3.8, 4) is 22.6 Å². The van der Waals surface area contributed by atoms with Crippen LogP contribution in [0.2, 0.25) is 0 Å². The van der Waals surface area contributed by atoms with E-state index in [2.05, 4.69) is 163 Å². The summed E-state index contributed by atoms with van der Waals surface area (Å²) in [6.45, 7) is 0. The quantitative estimate of drug-likeness (QED) is 0.182. The Morgan fingerprint density at radius 2 is 1.00 bits per heavy atom. The third kappa shape index (κ3) is 4.73. The molecule has 0 bridgehead atoms. The number of oxazole rings is 1. The summed E-state index contributed by atoms with van der Waals surface area (Å²) in [6.07, 6.45) is 0. The maximum absolute atomic E-state index is 6.68. The summed E-state index contributed by atoms with van der Waals surface area (Å²) in [5.41, 5.74) is 9.58. The lowest BCUT2D eigenvalue weighted by atomic mass is 9.95. The molecule has 53 heavy (non-hydrogen) atoms. The average Bonchev–Trinajstić information content (AvgIpc) is 3.81. The normalized spacial score (nSPS) is 11.8. The molecule has 0 spiro atoms. The van der Waals surface area contributed by atoms with Crippen molar-refractivity contribution in [2.24, 2.45) is 0 Å². The van der Waals surface area contributed by atoms with Gasteiger partial charge in [-0.2, -0.15) is 0 Å². The molecule has 9 aromatic carbocycles. The standard InChI is InChI=1S/C49H30N2O2/c1-2-15-34-29-47-42(28-33(34)14-1)50-49(53-47)41-22-11-25-45-48(41)40-27-26-35(30-46(40)52-45)51(43-24-10-17-32-13-4-6-19-37(32)43)44-23-8-7-20-39(44)38-21-9-16-31-12-3-5-18-36(31)38/h1-30H. The van der Waals surface area contributed by atoms with Crippen molar-refractivity contribution in [2.45, 2.75) is 0 Å². The second-order valence-corrected chi connectivity index (χ2v) is 13.5. The summed E-state index contributed by atoms with van der Waals surface area (Å²) in [6, 6.07) is 64.0. The van der Waals surface area contributed by atoms with Gasteiger partial charge in [0.15, 0.2) is 5.58 Å². The van der Waals surface area contributed by atoms with Gasteiger partial charge in [0.25, 0.3) is 0 Å². The lowest BCUT2D eigenvalue weighted by Crippen LogP contribution is -2.11. The number of hydrogen-bond acceptors (Lipinski definition) is 4. The van der Waals surface area contributed by atoms with Crippen LogP contribution in [-0.2, 0) is 0 Å². The lowest BCUT2D eigenvalue weighted by molar-refractivity contribution is 0.620. The fourth-order valence-electron chi connectivity index (χ4n) is 8.03. The van der Waals surface area contributed by atoms with Crippen molar-refractivity contribution < 1.29 is 8.83 Å². The Kier molecular flexibility index (Phi) is 6.52. The molecule has 0 radical (unpaired) electrons. The zero-order valence-corrected chi connectivity index (χ0v) is 28.5. The number of furan rings is 1. The van der Waals surface area contributed by atoms with Crippen LogP contribution in [-0.4, -0.2) is 4.98 Å². The molecule has 0 amide bonds. The van der Waals surface area contributed by atoms with Gasteiger partial charge in [-0.25, -0.2) is 4.98 Å². The second-order valence-electron chi connectivity index (χ2n) is 13.5. The summed E-state index contributed by atoms with van der Waals surface area (Å²) in [7, 11) is 0. The van der Waals surface area contributed by atoms with E-state index in [1.165, 1.54) is 27.1 Å². The largest absolute Gasteiger partial charge is 0.456 e. The molecule has 4 nitrogen and oxygen atoms in total. The minimum absolute atomic E-state index is 0.578. The van der Waals surface area contributed by atoms with Crippen molar-refractivity contribution in [1.29, 1.82) is 0 Å². The fraction of sp³-hybridized carbons (Fsp3) is 0. The molecule has 2 heterocycles. The van der Waals surface area contributed by atoms with Gasteiger partial charge in [0.05, 0.1) is 11.4 Å². The molecular formula is C49H30N2O2. The van der Waals surface area contributed by atoms with Gasteiger partial charge in [-0.1, -0.05) is 127 Å². The molecule has 0 unspecified atom stereocenters. The van der Waals surface area contributed by atoms with E-state index in [4.69, 9.17) is 13.8 Å². The summed E-state index contributed by atoms with van der Waals surface area (Å²) < 4.78 is 13.1. The summed E-state index contributed by atoms with van der Waals surface area (Å²) >= 11 is 0. The number of hydrogen-bond donors (Lipinski definition) is 0. The molecule has 2 aromatic heterocycles. The van der Waals surface area contributed by atoms with E-state index in [0.717, 1.165) is 72.0 Å². The van der Waals surface area contributed by atoms with Crippen LogP contribution < -0.4 is 4.90 Å². The third-order valence-corrected chi connectivity index (χ3v) is 10.5. The van der Waals surface area contributed by atoms with Crippen LogP contribution in [0.5, 0.6) is 0 Å². The van der Waals surface area contributed by atoms with Gasteiger partial charge in [-0.05, 0) is 81.0 Å². The minimum Gasteiger partial charge on any atom is -0.456 e. The number of anilines is 3. The molecule has 0 saturated heterocycles. The highest BCUT2D eigenvalue weighted by Gasteiger charge is 2.22. The zero-order valence-electron chi connectivity index (χ0n) is 28.5. The molecule has 248 valence electrons. The summed E-state index contributed by atoms with van der Waals surface area (Å²) in [5.74, 6) is 0.578. The van der Waals surface area contributed by atoms with Gasteiger partial charge in [0.1, 0.15) is 16.7 Å². The average molecular weight is 679 g/mol. The van der Waals surface area contributed by atoms with Crippen molar-refractivity contribution in [1.82, 2.24) is 4.98 Å².